The molecule has 27 heavy (non-hydrogen) atoms. The number of ether oxygens (including phenoxy) is 3. The van der Waals surface area contributed by atoms with Gasteiger partial charge in [0.15, 0.2) is 0 Å². The second-order valence-electron chi connectivity index (χ2n) is 6.72. The van der Waals surface area contributed by atoms with Crippen molar-refractivity contribution in [3.8, 4) is 0 Å². The Kier molecular flexibility index (Phi) is 7.16. The monoisotopic (exact) mass is 380 g/mol. The Balaban J connectivity index is 2.63. The van der Waals surface area contributed by atoms with E-state index in [1.165, 1.54) is 0 Å². The van der Waals surface area contributed by atoms with E-state index in [9.17, 15) is 19.2 Å². The number of carbonyl (C=O) groups is 4. The van der Waals surface area contributed by atoms with Crippen LogP contribution in [0.1, 0.15) is 59.3 Å². The summed E-state index contributed by atoms with van der Waals surface area (Å²) in [5.74, 6) is -3.46. The molecular formula is C20H28O7. The number of esters is 3. The first-order chi connectivity index (χ1) is 12.9. The lowest BCUT2D eigenvalue weighted by Crippen LogP contribution is -2.57. The predicted octanol–water partition coefficient (Wildman–Crippen LogP) is 2.51. The standard InChI is InChI=1S/C20H28O7/c1-4-25-17(22)14-15(18(23)26-5-2)20(16(14)19(24)27-6-3)12-10-8-7-9-11-13(20)21/h15H,4-12H2,1-3H3/t15-,20+/m1/s1. The number of ketones is 1. The molecule has 0 N–H and O–H groups in total. The number of rotatable bonds is 6. The van der Waals surface area contributed by atoms with Gasteiger partial charge in [-0.15, -0.1) is 0 Å². The van der Waals surface area contributed by atoms with Crippen molar-refractivity contribution in [1.29, 1.82) is 0 Å². The summed E-state index contributed by atoms with van der Waals surface area (Å²) in [5, 5.41) is 0. The largest absolute Gasteiger partial charge is 0.465 e. The second kappa shape index (κ2) is 9.15. The average Bonchev–Trinajstić information content (AvgIpc) is 2.58. The minimum atomic E-state index is -1.35. The molecule has 0 bridgehead atoms. The lowest BCUT2D eigenvalue weighted by Gasteiger charge is -2.48. The number of carbonyl (C=O) groups excluding carboxylic acids is 4. The summed E-state index contributed by atoms with van der Waals surface area (Å²) >= 11 is 0. The maximum Gasteiger partial charge on any atom is 0.335 e. The fourth-order valence-corrected chi connectivity index (χ4v) is 4.14. The van der Waals surface area contributed by atoms with Gasteiger partial charge in [-0.2, -0.15) is 0 Å². The Bertz CT molecular complexity index is 649. The zero-order valence-corrected chi connectivity index (χ0v) is 16.3. The van der Waals surface area contributed by atoms with Crippen molar-refractivity contribution in [2.24, 2.45) is 11.3 Å². The highest BCUT2D eigenvalue weighted by Crippen LogP contribution is 2.58. The Morgan fingerprint density at radius 3 is 2.11 bits per heavy atom. The first-order valence-corrected chi connectivity index (χ1v) is 9.74. The molecule has 7 heteroatoms. The molecule has 0 heterocycles. The van der Waals surface area contributed by atoms with Gasteiger partial charge in [0.05, 0.1) is 36.4 Å². The Morgan fingerprint density at radius 2 is 1.48 bits per heavy atom. The highest BCUT2D eigenvalue weighted by molar-refractivity contribution is 6.16. The molecule has 1 spiro atoms. The van der Waals surface area contributed by atoms with Gasteiger partial charge in [-0.3, -0.25) is 9.59 Å². The summed E-state index contributed by atoms with van der Waals surface area (Å²) in [5.41, 5.74) is -1.43. The van der Waals surface area contributed by atoms with Crippen LogP contribution in [0.4, 0.5) is 0 Å². The van der Waals surface area contributed by atoms with Gasteiger partial charge in [-0.1, -0.05) is 19.3 Å². The van der Waals surface area contributed by atoms with Crippen LogP contribution in [0.5, 0.6) is 0 Å². The maximum atomic E-state index is 13.1. The first-order valence-electron chi connectivity index (χ1n) is 9.74. The van der Waals surface area contributed by atoms with E-state index in [1.807, 2.05) is 0 Å². The molecule has 2 atom stereocenters. The van der Waals surface area contributed by atoms with E-state index in [0.29, 0.717) is 19.3 Å². The molecule has 2 aliphatic carbocycles. The SMILES string of the molecule is CCOC(=O)C1=C(C(=O)OCC)[C@]2(CCCCCCC2=O)[C@H]1C(=O)OCC. The summed E-state index contributed by atoms with van der Waals surface area (Å²) in [7, 11) is 0. The van der Waals surface area contributed by atoms with Crippen LogP contribution < -0.4 is 0 Å². The molecule has 2 aliphatic rings. The van der Waals surface area contributed by atoms with E-state index in [-0.39, 0.29) is 43.2 Å². The predicted molar refractivity (Wildman–Crippen MR) is 95.6 cm³/mol. The van der Waals surface area contributed by atoms with Crippen LogP contribution in [0.3, 0.4) is 0 Å². The zero-order valence-electron chi connectivity index (χ0n) is 16.3. The van der Waals surface area contributed by atoms with Crippen LogP contribution in [0.25, 0.3) is 0 Å². The molecule has 1 saturated carbocycles. The third kappa shape index (κ3) is 3.77. The Labute approximate surface area is 159 Å². The summed E-state index contributed by atoms with van der Waals surface area (Å²) in [6, 6.07) is 0. The minimum absolute atomic E-state index is 0.00671. The third-order valence-electron chi connectivity index (χ3n) is 5.22. The van der Waals surface area contributed by atoms with E-state index in [4.69, 9.17) is 14.2 Å². The van der Waals surface area contributed by atoms with Crippen molar-refractivity contribution in [3.63, 3.8) is 0 Å². The first kappa shape index (κ1) is 21.1. The van der Waals surface area contributed by atoms with Gasteiger partial charge >= 0.3 is 17.9 Å². The fraction of sp³-hybridized carbons (Fsp3) is 0.700. The molecule has 0 aromatic heterocycles. The summed E-state index contributed by atoms with van der Waals surface area (Å²) < 4.78 is 15.4. The topological polar surface area (TPSA) is 96.0 Å². The Morgan fingerprint density at radius 1 is 0.889 bits per heavy atom. The van der Waals surface area contributed by atoms with Gasteiger partial charge in [0.2, 0.25) is 0 Å². The third-order valence-corrected chi connectivity index (χ3v) is 5.22. The minimum Gasteiger partial charge on any atom is -0.465 e. The van der Waals surface area contributed by atoms with Gasteiger partial charge < -0.3 is 14.2 Å². The molecule has 0 radical (unpaired) electrons. The molecule has 0 aromatic carbocycles. The van der Waals surface area contributed by atoms with E-state index in [2.05, 4.69) is 0 Å². The number of Topliss-reactive ketones (excluding diaryl/α,β-unsaturated/α-hetero) is 1. The molecule has 150 valence electrons. The van der Waals surface area contributed by atoms with Crippen LogP contribution in [0.15, 0.2) is 11.1 Å². The molecule has 7 nitrogen and oxygen atoms in total. The number of hydrogen-bond acceptors (Lipinski definition) is 7. The normalized spacial score (nSPS) is 25.3. The van der Waals surface area contributed by atoms with Gasteiger partial charge in [-0.05, 0) is 33.6 Å². The molecule has 1 fully saturated rings. The van der Waals surface area contributed by atoms with E-state index >= 15 is 0 Å². The smallest absolute Gasteiger partial charge is 0.335 e. The maximum absolute atomic E-state index is 13.1. The summed E-state index contributed by atoms with van der Waals surface area (Å²) in [4.78, 5) is 51.1. The van der Waals surface area contributed by atoms with Crippen molar-refractivity contribution in [2.75, 3.05) is 19.8 Å². The summed E-state index contributed by atoms with van der Waals surface area (Å²) in [6.45, 7) is 5.25. The molecule has 0 amide bonds. The van der Waals surface area contributed by atoms with E-state index in [0.717, 1.165) is 12.8 Å². The van der Waals surface area contributed by atoms with Crippen LogP contribution >= 0.6 is 0 Å². The van der Waals surface area contributed by atoms with Crippen LogP contribution in [0.2, 0.25) is 0 Å². The lowest BCUT2D eigenvalue weighted by molar-refractivity contribution is -0.163. The van der Waals surface area contributed by atoms with Gasteiger partial charge in [-0.25, -0.2) is 9.59 Å². The second-order valence-corrected chi connectivity index (χ2v) is 6.72. The molecule has 0 aliphatic heterocycles. The Hall–Kier alpha value is -2.18. The summed E-state index contributed by atoms with van der Waals surface area (Å²) in [6.07, 6.45) is 3.79. The van der Waals surface area contributed by atoms with Crippen molar-refractivity contribution < 1.29 is 33.4 Å². The van der Waals surface area contributed by atoms with Gasteiger partial charge in [0.25, 0.3) is 0 Å². The lowest BCUT2D eigenvalue weighted by atomic mass is 9.51. The molecule has 0 aromatic rings. The average molecular weight is 380 g/mol. The van der Waals surface area contributed by atoms with Crippen molar-refractivity contribution in [1.82, 2.24) is 0 Å². The van der Waals surface area contributed by atoms with Crippen LogP contribution in [-0.2, 0) is 33.4 Å². The molecular weight excluding hydrogens is 352 g/mol. The quantitative estimate of drug-likeness (QED) is 0.516. The van der Waals surface area contributed by atoms with Crippen LogP contribution in [0, 0.1) is 11.3 Å². The highest BCUT2D eigenvalue weighted by atomic mass is 16.5. The van der Waals surface area contributed by atoms with Crippen molar-refractivity contribution >= 4 is 23.7 Å². The molecule has 2 rings (SSSR count). The highest BCUT2D eigenvalue weighted by Gasteiger charge is 2.66. The van der Waals surface area contributed by atoms with E-state index in [1.54, 1.807) is 20.8 Å². The van der Waals surface area contributed by atoms with Gasteiger partial charge in [0.1, 0.15) is 11.7 Å². The van der Waals surface area contributed by atoms with E-state index < -0.39 is 29.2 Å². The molecule has 0 saturated heterocycles. The van der Waals surface area contributed by atoms with Crippen molar-refractivity contribution in [2.45, 2.75) is 59.3 Å². The van der Waals surface area contributed by atoms with Crippen molar-refractivity contribution in [3.05, 3.63) is 11.1 Å². The zero-order chi connectivity index (χ0) is 20.0. The fourth-order valence-electron chi connectivity index (χ4n) is 4.14. The molecule has 0 unspecified atom stereocenters. The number of hydrogen-bond donors (Lipinski definition) is 0. The van der Waals surface area contributed by atoms with Gasteiger partial charge in [0, 0.05) is 6.42 Å². The van der Waals surface area contributed by atoms with Crippen LogP contribution in [-0.4, -0.2) is 43.5 Å².